The Morgan fingerprint density at radius 1 is 1.26 bits per heavy atom. The van der Waals surface area contributed by atoms with Gasteiger partial charge in [-0.25, -0.2) is 0 Å². The summed E-state index contributed by atoms with van der Waals surface area (Å²) in [6.07, 6.45) is 2.95. The van der Waals surface area contributed by atoms with E-state index in [-0.39, 0.29) is 29.5 Å². The number of aryl methyl sites for hydroxylation is 1. The van der Waals surface area contributed by atoms with Gasteiger partial charge in [-0.2, -0.15) is 0 Å². The Hall–Kier alpha value is -1.35. The smallest absolute Gasteiger partial charge is 0.250 e. The minimum absolute atomic E-state index is 0. The maximum absolute atomic E-state index is 11.9. The number of hydrogen-bond acceptors (Lipinski definition) is 3. The van der Waals surface area contributed by atoms with Crippen LogP contribution in [-0.2, 0) is 13.0 Å². The number of pyridine rings is 1. The number of aliphatic imine (C=N–C) groups is 1. The van der Waals surface area contributed by atoms with Crippen LogP contribution in [0.1, 0.15) is 30.3 Å². The van der Waals surface area contributed by atoms with Crippen LogP contribution in [0.3, 0.4) is 0 Å². The standard InChI is InChI=1S/C20H30N4OS.HI/c1-4-21-20(23(3)15-12-18-10-8-16-26-18)22-13-5-6-14-24-17(2)9-7-11-19(24)25;/h7-11,16H,4-6,12-15H2,1-3H3,(H,21,22);1H. The van der Waals surface area contributed by atoms with Crippen molar-refractivity contribution in [2.24, 2.45) is 4.99 Å². The number of thiophene rings is 1. The molecule has 0 aliphatic carbocycles. The van der Waals surface area contributed by atoms with Crippen molar-refractivity contribution in [3.05, 3.63) is 56.6 Å². The van der Waals surface area contributed by atoms with Crippen LogP contribution in [0.5, 0.6) is 0 Å². The van der Waals surface area contributed by atoms with Crippen molar-refractivity contribution in [3.8, 4) is 0 Å². The molecule has 0 aliphatic heterocycles. The van der Waals surface area contributed by atoms with E-state index in [2.05, 4.69) is 41.7 Å². The van der Waals surface area contributed by atoms with Crippen molar-refractivity contribution in [1.29, 1.82) is 0 Å². The summed E-state index contributed by atoms with van der Waals surface area (Å²) in [5.41, 5.74) is 1.10. The van der Waals surface area contributed by atoms with E-state index >= 15 is 0 Å². The zero-order chi connectivity index (χ0) is 18.8. The molecule has 0 amide bonds. The van der Waals surface area contributed by atoms with Gasteiger partial charge in [0.15, 0.2) is 5.96 Å². The van der Waals surface area contributed by atoms with Gasteiger partial charge in [0.1, 0.15) is 0 Å². The molecule has 0 aliphatic rings. The number of likely N-dealkylation sites (N-methyl/N-ethyl adjacent to an activating group) is 1. The predicted octanol–water partition coefficient (Wildman–Crippen LogP) is 3.76. The molecule has 2 heterocycles. The lowest BCUT2D eigenvalue weighted by molar-refractivity contribution is 0.485. The van der Waals surface area contributed by atoms with Gasteiger partial charge in [0.25, 0.3) is 5.56 Å². The molecule has 0 unspecified atom stereocenters. The highest BCUT2D eigenvalue weighted by Crippen LogP contribution is 2.09. The van der Waals surface area contributed by atoms with E-state index in [1.165, 1.54) is 4.88 Å². The Bertz CT molecular complexity index is 743. The minimum atomic E-state index is 0. The van der Waals surface area contributed by atoms with Gasteiger partial charge in [0.2, 0.25) is 0 Å². The Kier molecular flexibility index (Phi) is 11.3. The second-order valence-corrected chi connectivity index (χ2v) is 7.38. The first-order valence-electron chi connectivity index (χ1n) is 9.30. The second kappa shape index (κ2) is 12.9. The third kappa shape index (κ3) is 8.04. The number of nitrogens with one attached hydrogen (secondary N) is 1. The Morgan fingerprint density at radius 2 is 2.07 bits per heavy atom. The number of unbranched alkanes of at least 4 members (excludes halogenated alkanes) is 1. The van der Waals surface area contributed by atoms with E-state index in [4.69, 9.17) is 4.99 Å². The molecule has 0 bridgehead atoms. The summed E-state index contributed by atoms with van der Waals surface area (Å²) >= 11 is 1.80. The van der Waals surface area contributed by atoms with Gasteiger partial charge in [-0.05, 0) is 50.6 Å². The highest BCUT2D eigenvalue weighted by Gasteiger charge is 2.06. The van der Waals surface area contributed by atoms with Gasteiger partial charge in [-0.3, -0.25) is 9.79 Å². The molecule has 1 N–H and O–H groups in total. The molecule has 0 spiro atoms. The maximum Gasteiger partial charge on any atom is 0.250 e. The number of aromatic nitrogens is 1. The first kappa shape index (κ1) is 23.7. The normalized spacial score (nSPS) is 11.1. The van der Waals surface area contributed by atoms with E-state index in [1.54, 1.807) is 17.4 Å². The average molecular weight is 502 g/mol. The lowest BCUT2D eigenvalue weighted by atomic mass is 10.3. The van der Waals surface area contributed by atoms with Crippen LogP contribution in [0.2, 0.25) is 0 Å². The van der Waals surface area contributed by atoms with Gasteiger partial charge in [0, 0.05) is 49.9 Å². The molecule has 0 radical (unpaired) electrons. The van der Waals surface area contributed by atoms with Crippen LogP contribution in [-0.4, -0.2) is 42.1 Å². The molecule has 2 aromatic rings. The van der Waals surface area contributed by atoms with Crippen molar-refractivity contribution in [2.75, 3.05) is 26.7 Å². The molecular weight excluding hydrogens is 471 g/mol. The average Bonchev–Trinajstić information content (AvgIpc) is 3.14. The molecule has 7 heteroatoms. The van der Waals surface area contributed by atoms with Crippen molar-refractivity contribution >= 4 is 41.3 Å². The Morgan fingerprint density at radius 3 is 2.74 bits per heavy atom. The zero-order valence-electron chi connectivity index (χ0n) is 16.5. The summed E-state index contributed by atoms with van der Waals surface area (Å²) in [6.45, 7) is 7.41. The summed E-state index contributed by atoms with van der Waals surface area (Å²) in [5, 5.41) is 5.48. The molecule has 0 atom stereocenters. The SMILES string of the molecule is CCNC(=NCCCCn1c(C)cccc1=O)N(C)CCc1cccs1.I. The molecule has 2 aromatic heterocycles. The van der Waals surface area contributed by atoms with Gasteiger partial charge in [0.05, 0.1) is 0 Å². The molecule has 150 valence electrons. The molecule has 2 rings (SSSR count). The molecule has 5 nitrogen and oxygen atoms in total. The third-order valence-corrected chi connectivity index (χ3v) is 5.23. The van der Waals surface area contributed by atoms with Crippen molar-refractivity contribution in [3.63, 3.8) is 0 Å². The van der Waals surface area contributed by atoms with Crippen LogP contribution >= 0.6 is 35.3 Å². The second-order valence-electron chi connectivity index (χ2n) is 6.35. The van der Waals surface area contributed by atoms with Crippen LogP contribution < -0.4 is 10.9 Å². The fourth-order valence-electron chi connectivity index (χ4n) is 2.78. The molecule has 27 heavy (non-hydrogen) atoms. The topological polar surface area (TPSA) is 49.6 Å². The summed E-state index contributed by atoms with van der Waals surface area (Å²) in [4.78, 5) is 20.2. The van der Waals surface area contributed by atoms with Crippen LogP contribution in [0, 0.1) is 6.92 Å². The summed E-state index contributed by atoms with van der Waals surface area (Å²) < 4.78 is 1.84. The molecule has 0 saturated heterocycles. The minimum Gasteiger partial charge on any atom is -0.357 e. The number of nitrogens with zero attached hydrogens (tertiary/aromatic N) is 3. The number of hydrogen-bond donors (Lipinski definition) is 1. The Balaban J connectivity index is 0.00000364. The highest BCUT2D eigenvalue weighted by atomic mass is 127. The van der Waals surface area contributed by atoms with Gasteiger partial charge in [-0.1, -0.05) is 12.1 Å². The van der Waals surface area contributed by atoms with Crippen LogP contribution in [0.4, 0.5) is 0 Å². The van der Waals surface area contributed by atoms with Gasteiger partial charge >= 0.3 is 0 Å². The predicted molar refractivity (Wildman–Crippen MR) is 127 cm³/mol. The fourth-order valence-corrected chi connectivity index (χ4v) is 3.48. The zero-order valence-corrected chi connectivity index (χ0v) is 19.6. The van der Waals surface area contributed by atoms with Gasteiger partial charge < -0.3 is 14.8 Å². The van der Waals surface area contributed by atoms with E-state index < -0.39 is 0 Å². The largest absolute Gasteiger partial charge is 0.357 e. The summed E-state index contributed by atoms with van der Waals surface area (Å²) in [7, 11) is 2.09. The summed E-state index contributed by atoms with van der Waals surface area (Å²) in [6, 6.07) is 9.69. The fraction of sp³-hybridized carbons (Fsp3) is 0.500. The van der Waals surface area contributed by atoms with E-state index in [0.29, 0.717) is 0 Å². The lowest BCUT2D eigenvalue weighted by Crippen LogP contribution is -2.40. The monoisotopic (exact) mass is 502 g/mol. The van der Waals surface area contributed by atoms with Crippen LogP contribution in [0.25, 0.3) is 0 Å². The summed E-state index contributed by atoms with van der Waals surface area (Å²) in [5.74, 6) is 0.956. The number of guanidine groups is 1. The first-order valence-corrected chi connectivity index (χ1v) is 10.2. The first-order chi connectivity index (χ1) is 12.6. The van der Waals surface area contributed by atoms with E-state index in [0.717, 1.165) is 57.1 Å². The van der Waals surface area contributed by atoms with E-state index in [9.17, 15) is 4.79 Å². The molecule has 0 saturated carbocycles. The van der Waals surface area contributed by atoms with Gasteiger partial charge in [-0.15, -0.1) is 35.3 Å². The Labute approximate surface area is 183 Å². The van der Waals surface area contributed by atoms with Crippen LogP contribution in [0.15, 0.2) is 45.5 Å². The molecule has 0 aromatic carbocycles. The highest BCUT2D eigenvalue weighted by molar-refractivity contribution is 14.0. The third-order valence-electron chi connectivity index (χ3n) is 4.29. The number of rotatable bonds is 9. The quantitative estimate of drug-likeness (QED) is 0.246. The van der Waals surface area contributed by atoms with Crippen molar-refractivity contribution in [1.82, 2.24) is 14.8 Å². The molecular formula is C20H31IN4OS. The molecule has 0 fully saturated rings. The maximum atomic E-state index is 11.9. The lowest BCUT2D eigenvalue weighted by Gasteiger charge is -2.21. The van der Waals surface area contributed by atoms with E-state index in [1.807, 2.05) is 23.6 Å². The van der Waals surface area contributed by atoms with Crippen molar-refractivity contribution < 1.29 is 0 Å². The number of halogens is 1. The van der Waals surface area contributed by atoms with Crippen molar-refractivity contribution in [2.45, 2.75) is 39.7 Å².